The van der Waals surface area contributed by atoms with Crippen LogP contribution < -0.4 is 0 Å². The summed E-state index contributed by atoms with van der Waals surface area (Å²) in [5, 5.41) is 9.25. The second-order valence-corrected chi connectivity index (χ2v) is 5.75. The first-order valence-electron chi connectivity index (χ1n) is 5.32. The van der Waals surface area contributed by atoms with E-state index in [2.05, 4.69) is 40.7 Å². The van der Waals surface area contributed by atoms with Gasteiger partial charge in [0, 0.05) is 5.41 Å². The lowest BCUT2D eigenvalue weighted by Crippen LogP contribution is -2.57. The zero-order chi connectivity index (χ0) is 11.0. The lowest BCUT2D eigenvalue weighted by Gasteiger charge is -2.54. The van der Waals surface area contributed by atoms with Crippen molar-refractivity contribution >= 4 is 0 Å². The molecule has 0 amide bonds. The Morgan fingerprint density at radius 3 is 1.86 bits per heavy atom. The maximum Gasteiger partial charge on any atom is 0.0666 e. The van der Waals surface area contributed by atoms with Crippen LogP contribution in [0.2, 0.25) is 0 Å². The van der Waals surface area contributed by atoms with Gasteiger partial charge in [-0.25, -0.2) is 0 Å². The summed E-state index contributed by atoms with van der Waals surface area (Å²) in [5.41, 5.74) is 0.214. The van der Waals surface area contributed by atoms with Gasteiger partial charge in [-0.15, -0.1) is 0 Å². The van der Waals surface area contributed by atoms with Gasteiger partial charge in [0.15, 0.2) is 0 Å². The first-order chi connectivity index (χ1) is 6.35. The highest BCUT2D eigenvalue weighted by atomic mass is 16.5. The predicted molar refractivity (Wildman–Crippen MR) is 56.6 cm³/mol. The van der Waals surface area contributed by atoms with Crippen molar-refractivity contribution in [2.75, 3.05) is 13.2 Å². The minimum atomic E-state index is 0.0654. The third-order valence-electron chi connectivity index (χ3n) is 3.61. The summed E-state index contributed by atoms with van der Waals surface area (Å²) in [6, 6.07) is 2.47. The van der Waals surface area contributed by atoms with Gasteiger partial charge >= 0.3 is 0 Å². The minimum absolute atomic E-state index is 0.0654. The van der Waals surface area contributed by atoms with Crippen LogP contribution in [0.15, 0.2) is 0 Å². The van der Waals surface area contributed by atoms with Crippen LogP contribution >= 0.6 is 0 Å². The molecule has 14 heavy (non-hydrogen) atoms. The highest BCUT2D eigenvalue weighted by Crippen LogP contribution is 2.52. The number of hydrogen-bond donors (Lipinski definition) is 0. The van der Waals surface area contributed by atoms with E-state index in [1.54, 1.807) is 0 Å². The number of hydrogen-bond acceptors (Lipinski definition) is 2. The van der Waals surface area contributed by atoms with E-state index in [9.17, 15) is 5.26 Å². The molecule has 1 rings (SSSR count). The predicted octanol–water partition coefficient (Wildman–Crippen LogP) is 2.84. The molecule has 1 atom stereocenters. The molecular formula is C12H21NO. The fourth-order valence-corrected chi connectivity index (χ4v) is 2.31. The van der Waals surface area contributed by atoms with E-state index < -0.39 is 0 Å². The first kappa shape index (κ1) is 11.5. The SMILES string of the molecule is CC(C)C(C#N)C1(C(C)(C)C)COC1. The number of ether oxygens (including phenoxy) is 1. The van der Waals surface area contributed by atoms with E-state index in [0.717, 1.165) is 13.2 Å². The van der Waals surface area contributed by atoms with Crippen LogP contribution in [0.25, 0.3) is 0 Å². The third kappa shape index (κ3) is 1.54. The highest BCUT2D eigenvalue weighted by molar-refractivity contribution is 5.08. The van der Waals surface area contributed by atoms with Gasteiger partial charge in [0.05, 0.1) is 25.2 Å². The Kier molecular flexibility index (Phi) is 2.92. The van der Waals surface area contributed by atoms with Crippen molar-refractivity contribution in [3.63, 3.8) is 0 Å². The number of nitriles is 1. The smallest absolute Gasteiger partial charge is 0.0666 e. The van der Waals surface area contributed by atoms with E-state index in [4.69, 9.17) is 4.74 Å². The first-order valence-corrected chi connectivity index (χ1v) is 5.32. The zero-order valence-corrected chi connectivity index (χ0v) is 9.92. The highest BCUT2D eigenvalue weighted by Gasteiger charge is 2.54. The quantitative estimate of drug-likeness (QED) is 0.678. The van der Waals surface area contributed by atoms with Crippen molar-refractivity contribution in [3.8, 4) is 6.07 Å². The lowest BCUT2D eigenvalue weighted by molar-refractivity contribution is -0.198. The molecule has 1 saturated heterocycles. The Hall–Kier alpha value is -0.550. The van der Waals surface area contributed by atoms with E-state index in [-0.39, 0.29) is 16.7 Å². The summed E-state index contributed by atoms with van der Waals surface area (Å²) in [6.07, 6.45) is 0. The molecule has 1 aliphatic rings. The van der Waals surface area contributed by atoms with Crippen molar-refractivity contribution in [1.29, 1.82) is 5.26 Å². The van der Waals surface area contributed by atoms with Gasteiger partial charge in [0.2, 0.25) is 0 Å². The van der Waals surface area contributed by atoms with Crippen molar-refractivity contribution < 1.29 is 4.74 Å². The van der Waals surface area contributed by atoms with Crippen LogP contribution in [0.4, 0.5) is 0 Å². The zero-order valence-electron chi connectivity index (χ0n) is 9.92. The van der Waals surface area contributed by atoms with Gasteiger partial charge in [-0.3, -0.25) is 0 Å². The minimum Gasteiger partial charge on any atom is -0.380 e. The van der Waals surface area contributed by atoms with Crippen LogP contribution in [-0.4, -0.2) is 13.2 Å². The molecule has 80 valence electrons. The molecule has 1 aliphatic heterocycles. The summed E-state index contributed by atoms with van der Waals surface area (Å²) in [6.45, 7) is 12.4. The molecule has 2 nitrogen and oxygen atoms in total. The standard InChI is InChI=1S/C12H21NO/c1-9(2)10(6-13)12(7-14-8-12)11(3,4)5/h9-10H,7-8H2,1-5H3. The van der Waals surface area contributed by atoms with Crippen molar-refractivity contribution in [3.05, 3.63) is 0 Å². The molecule has 0 aromatic rings. The van der Waals surface area contributed by atoms with Gasteiger partial charge in [-0.05, 0) is 11.3 Å². The number of rotatable bonds is 2. The van der Waals surface area contributed by atoms with Gasteiger partial charge in [0.25, 0.3) is 0 Å². The van der Waals surface area contributed by atoms with Crippen LogP contribution in [0, 0.1) is 34.0 Å². The molecule has 0 radical (unpaired) electrons. The van der Waals surface area contributed by atoms with E-state index in [0.29, 0.717) is 5.92 Å². The molecule has 0 N–H and O–H groups in total. The normalized spacial score (nSPS) is 22.6. The number of nitrogens with zero attached hydrogens (tertiary/aromatic N) is 1. The molecule has 2 heteroatoms. The van der Waals surface area contributed by atoms with Crippen molar-refractivity contribution in [1.82, 2.24) is 0 Å². The van der Waals surface area contributed by atoms with E-state index >= 15 is 0 Å². The largest absolute Gasteiger partial charge is 0.380 e. The average Bonchev–Trinajstić information content (AvgIpc) is 1.92. The Labute approximate surface area is 87.3 Å². The van der Waals surface area contributed by atoms with Crippen LogP contribution in [0.1, 0.15) is 34.6 Å². The molecule has 1 unspecified atom stereocenters. The van der Waals surface area contributed by atoms with Gasteiger partial charge < -0.3 is 4.74 Å². The molecule has 1 fully saturated rings. The summed E-state index contributed by atoms with van der Waals surface area (Å²) in [5.74, 6) is 0.513. The fraction of sp³-hybridized carbons (Fsp3) is 0.917. The molecule has 0 aliphatic carbocycles. The van der Waals surface area contributed by atoms with Crippen LogP contribution in [-0.2, 0) is 4.74 Å². The van der Waals surface area contributed by atoms with Gasteiger partial charge in [-0.2, -0.15) is 5.26 Å². The molecular weight excluding hydrogens is 174 g/mol. The second-order valence-electron chi connectivity index (χ2n) is 5.75. The summed E-state index contributed by atoms with van der Waals surface area (Å²) >= 11 is 0. The maximum atomic E-state index is 9.25. The molecule has 0 saturated carbocycles. The lowest BCUT2D eigenvalue weighted by atomic mass is 9.56. The fourth-order valence-electron chi connectivity index (χ4n) is 2.31. The molecule has 1 heterocycles. The Morgan fingerprint density at radius 1 is 1.29 bits per heavy atom. The van der Waals surface area contributed by atoms with Crippen molar-refractivity contribution in [2.45, 2.75) is 34.6 Å². The van der Waals surface area contributed by atoms with Gasteiger partial charge in [0.1, 0.15) is 0 Å². The van der Waals surface area contributed by atoms with Gasteiger partial charge in [-0.1, -0.05) is 34.6 Å². The summed E-state index contributed by atoms with van der Waals surface area (Å²) in [7, 11) is 0. The monoisotopic (exact) mass is 195 g/mol. The van der Waals surface area contributed by atoms with E-state index in [1.807, 2.05) is 0 Å². The Bertz CT molecular complexity index is 240. The summed E-state index contributed by atoms with van der Waals surface area (Å²) < 4.78 is 5.35. The molecule has 0 spiro atoms. The van der Waals surface area contributed by atoms with E-state index in [1.165, 1.54) is 0 Å². The van der Waals surface area contributed by atoms with Crippen molar-refractivity contribution in [2.24, 2.45) is 22.7 Å². The topological polar surface area (TPSA) is 33.0 Å². The second kappa shape index (κ2) is 3.55. The van der Waals surface area contributed by atoms with Crippen LogP contribution in [0.3, 0.4) is 0 Å². The molecule has 0 aromatic heterocycles. The molecule has 0 aromatic carbocycles. The Morgan fingerprint density at radius 2 is 1.79 bits per heavy atom. The summed E-state index contributed by atoms with van der Waals surface area (Å²) in [4.78, 5) is 0. The molecule has 0 bridgehead atoms. The average molecular weight is 195 g/mol. The maximum absolute atomic E-state index is 9.25. The third-order valence-corrected chi connectivity index (χ3v) is 3.61. The van der Waals surface area contributed by atoms with Crippen LogP contribution in [0.5, 0.6) is 0 Å². The Balaban J connectivity index is 2.96.